The van der Waals surface area contributed by atoms with Gasteiger partial charge in [-0.3, -0.25) is 24.3 Å². The van der Waals surface area contributed by atoms with Gasteiger partial charge in [-0.2, -0.15) is 0 Å². The van der Waals surface area contributed by atoms with Crippen molar-refractivity contribution >= 4 is 11.8 Å². The van der Waals surface area contributed by atoms with Crippen molar-refractivity contribution in [2.45, 2.75) is 164 Å². The van der Waals surface area contributed by atoms with E-state index in [0.29, 0.717) is 57.5 Å². The van der Waals surface area contributed by atoms with E-state index in [1.165, 1.54) is 25.7 Å². The van der Waals surface area contributed by atoms with E-state index in [1.807, 2.05) is 0 Å². The molecule has 2 saturated carbocycles. The minimum absolute atomic E-state index is 0.0103. The molecule has 52 heavy (non-hydrogen) atoms. The first-order chi connectivity index (χ1) is 25.2. The summed E-state index contributed by atoms with van der Waals surface area (Å²) in [4.78, 5) is 37.4. The Kier molecular flexibility index (Phi) is 13.1. The minimum Gasteiger partial charge on any atom is -0.350 e. The molecule has 1 spiro atoms. The highest BCUT2D eigenvalue weighted by molar-refractivity contribution is 5.81. The molecule has 0 aromatic rings. The average Bonchev–Trinajstić information content (AvgIpc) is 3.84. The number of nitrogens with zero attached hydrogens (tertiary/aromatic N) is 4. The number of rotatable bonds is 8. The fraction of sp³-hybridized carbons (Fsp3) is 0.950. The van der Waals surface area contributed by atoms with Crippen LogP contribution in [-0.2, 0) is 9.59 Å². The lowest BCUT2D eigenvalue weighted by molar-refractivity contribution is -0.137. The number of likely N-dealkylation sites (tertiary alicyclic amines) is 4. The van der Waals surface area contributed by atoms with Crippen LogP contribution in [0.3, 0.4) is 0 Å². The molecule has 2 amide bonds. The van der Waals surface area contributed by atoms with Gasteiger partial charge in [0, 0.05) is 56.8 Å². The van der Waals surface area contributed by atoms with Crippen LogP contribution >= 0.6 is 0 Å². The molecule has 0 aromatic carbocycles. The van der Waals surface area contributed by atoms with Crippen LogP contribution in [0.15, 0.2) is 0 Å². The van der Waals surface area contributed by atoms with Gasteiger partial charge >= 0.3 is 0 Å². The third kappa shape index (κ3) is 8.99. The number of carbonyl (C=O) groups excluding carboxylic acids is 2. The summed E-state index contributed by atoms with van der Waals surface area (Å²) in [7, 11) is 0. The number of nitrogens with one attached hydrogen (secondary N) is 2. The number of hydrogen-bond acceptors (Lipinski definition) is 8. The molecule has 0 radical (unpaired) electrons. The number of piperidine rings is 3. The van der Waals surface area contributed by atoms with E-state index in [2.05, 4.69) is 30.2 Å². The average molecular weight is 733 g/mol. The number of nitrogens with two attached hydrogens (primary N) is 2. The maximum atomic E-state index is 16.7. The van der Waals surface area contributed by atoms with Crippen molar-refractivity contribution in [3.63, 3.8) is 0 Å². The Hall–Kier alpha value is -1.44. The normalized spacial score (nSPS) is 35.8. The molecule has 7 unspecified atom stereocenters. The van der Waals surface area contributed by atoms with Crippen LogP contribution in [0.2, 0.25) is 0 Å². The molecule has 296 valence electrons. The molecule has 7 aliphatic rings. The second-order valence-corrected chi connectivity index (χ2v) is 18.2. The van der Waals surface area contributed by atoms with Gasteiger partial charge in [0.1, 0.15) is 12.3 Å². The highest BCUT2D eigenvalue weighted by Gasteiger charge is 2.48. The van der Waals surface area contributed by atoms with Gasteiger partial charge in [-0.05, 0) is 109 Å². The van der Waals surface area contributed by atoms with Crippen LogP contribution in [0.25, 0.3) is 0 Å². The van der Waals surface area contributed by atoms with E-state index < -0.39 is 36.5 Å². The highest BCUT2D eigenvalue weighted by Crippen LogP contribution is 2.47. The highest BCUT2D eigenvalue weighted by atomic mass is 19.1. The minimum atomic E-state index is -1.13. The molecule has 7 atom stereocenters. The molecule has 6 N–H and O–H groups in total. The molecular weight excluding hydrogens is 662 g/mol. The first-order valence-corrected chi connectivity index (χ1v) is 21.5. The first kappa shape index (κ1) is 38.8. The monoisotopic (exact) mass is 733 g/mol. The summed E-state index contributed by atoms with van der Waals surface area (Å²) in [5.74, 6) is -0.747. The van der Waals surface area contributed by atoms with Crippen LogP contribution in [0.5, 0.6) is 0 Å². The number of amides is 2. The number of hydrogen-bond donors (Lipinski definition) is 4. The van der Waals surface area contributed by atoms with Crippen molar-refractivity contribution in [1.82, 2.24) is 30.2 Å². The zero-order valence-corrected chi connectivity index (χ0v) is 31.9. The Morgan fingerprint density at radius 2 is 1.42 bits per heavy atom. The largest absolute Gasteiger partial charge is 0.350 e. The molecule has 2 aliphatic carbocycles. The summed E-state index contributed by atoms with van der Waals surface area (Å²) in [5.41, 5.74) is 12.9. The lowest BCUT2D eigenvalue weighted by atomic mass is 9.72. The lowest BCUT2D eigenvalue weighted by Crippen LogP contribution is -2.69. The molecule has 10 nitrogen and oxygen atoms in total. The van der Waals surface area contributed by atoms with Crippen molar-refractivity contribution in [1.29, 1.82) is 0 Å². The van der Waals surface area contributed by atoms with Crippen molar-refractivity contribution < 1.29 is 18.4 Å². The molecular formula is C40H70F2N8O2. The Labute approximate surface area is 311 Å². The Bertz CT molecular complexity index is 1170. The van der Waals surface area contributed by atoms with E-state index in [-0.39, 0.29) is 35.7 Å². The lowest BCUT2D eigenvalue weighted by Gasteiger charge is -2.50. The molecule has 5 aliphatic heterocycles. The summed E-state index contributed by atoms with van der Waals surface area (Å²) in [6, 6.07) is -0.435. The van der Waals surface area contributed by atoms with E-state index in [4.69, 9.17) is 11.5 Å². The van der Waals surface area contributed by atoms with Gasteiger partial charge in [0.15, 0.2) is 0 Å². The van der Waals surface area contributed by atoms with Crippen LogP contribution in [0.1, 0.15) is 116 Å². The van der Waals surface area contributed by atoms with Crippen molar-refractivity contribution in [2.75, 3.05) is 58.9 Å². The van der Waals surface area contributed by atoms with Crippen LogP contribution < -0.4 is 22.1 Å². The number of halogens is 2. The zero-order chi connectivity index (χ0) is 36.2. The van der Waals surface area contributed by atoms with Gasteiger partial charge < -0.3 is 27.0 Å². The molecule has 0 aromatic heterocycles. The SMILES string of the molecule is NC(N)C(C(=O)NC1CN(C2CCCCC2)CC(F)C1N1CCC(C(=O)N2CCC(N3CCCCC3)C2)CC1)C1CC2(CCCC2)CCC(F)CN1. The van der Waals surface area contributed by atoms with E-state index in [9.17, 15) is 14.0 Å². The van der Waals surface area contributed by atoms with E-state index in [0.717, 1.165) is 96.8 Å². The molecule has 5 heterocycles. The summed E-state index contributed by atoms with van der Waals surface area (Å²) in [5, 5.41) is 6.75. The fourth-order valence-electron chi connectivity index (χ4n) is 11.8. The molecule has 12 heteroatoms. The summed E-state index contributed by atoms with van der Waals surface area (Å²) in [6.07, 6.45) is 15.5. The van der Waals surface area contributed by atoms with Crippen molar-refractivity contribution in [3.8, 4) is 0 Å². The smallest absolute Gasteiger partial charge is 0.227 e. The predicted octanol–water partition coefficient (Wildman–Crippen LogP) is 3.53. The Morgan fingerprint density at radius 1 is 0.712 bits per heavy atom. The van der Waals surface area contributed by atoms with Gasteiger partial charge in [0.05, 0.1) is 24.2 Å². The van der Waals surface area contributed by atoms with Crippen molar-refractivity contribution in [3.05, 3.63) is 0 Å². The maximum absolute atomic E-state index is 16.7. The quantitative estimate of drug-likeness (QED) is 0.280. The molecule has 7 rings (SSSR count). The third-order valence-corrected chi connectivity index (χ3v) is 14.8. The van der Waals surface area contributed by atoms with Gasteiger partial charge in [-0.1, -0.05) is 38.5 Å². The Morgan fingerprint density at radius 3 is 2.13 bits per heavy atom. The maximum Gasteiger partial charge on any atom is 0.227 e. The Balaban J connectivity index is 1.03. The van der Waals surface area contributed by atoms with Crippen LogP contribution in [0, 0.1) is 17.3 Å². The van der Waals surface area contributed by atoms with Crippen LogP contribution in [-0.4, -0.2) is 139 Å². The van der Waals surface area contributed by atoms with Crippen molar-refractivity contribution in [2.24, 2.45) is 28.7 Å². The molecule has 0 bridgehead atoms. The standard InChI is InChI=1S/C40H70F2N8O2/c41-29-11-17-40(15-5-6-16-40)23-33(45-24-29)35(37(43)44)38(51)46-34-27-50(30-9-3-1-4-10-30)26-32(42)36(34)48-20-12-28(13-21-48)39(52)49-22-14-31(25-49)47-18-7-2-8-19-47/h28-37,45H,1-27,43-44H2,(H,46,51). The number of alkyl halides is 2. The first-order valence-electron chi connectivity index (χ1n) is 21.5. The van der Waals surface area contributed by atoms with E-state index >= 15 is 4.39 Å². The second-order valence-electron chi connectivity index (χ2n) is 18.2. The summed E-state index contributed by atoms with van der Waals surface area (Å²) in [6.45, 7) is 6.43. The van der Waals surface area contributed by atoms with Crippen LogP contribution in [0.4, 0.5) is 8.78 Å². The number of carbonyl (C=O) groups is 2. The summed E-state index contributed by atoms with van der Waals surface area (Å²) >= 11 is 0. The van der Waals surface area contributed by atoms with Gasteiger partial charge in [-0.15, -0.1) is 0 Å². The van der Waals surface area contributed by atoms with E-state index in [1.54, 1.807) is 0 Å². The third-order valence-electron chi connectivity index (χ3n) is 14.8. The van der Waals surface area contributed by atoms with Gasteiger partial charge in [0.25, 0.3) is 0 Å². The summed E-state index contributed by atoms with van der Waals surface area (Å²) < 4.78 is 31.6. The molecule has 5 saturated heterocycles. The predicted molar refractivity (Wildman–Crippen MR) is 201 cm³/mol. The topological polar surface area (TPSA) is 123 Å². The zero-order valence-electron chi connectivity index (χ0n) is 31.9. The second kappa shape index (κ2) is 17.6. The molecule has 7 fully saturated rings. The van der Waals surface area contributed by atoms with Gasteiger partial charge in [-0.25, -0.2) is 8.78 Å². The fourth-order valence-corrected chi connectivity index (χ4v) is 11.8. The van der Waals surface area contributed by atoms with Gasteiger partial charge in [0.2, 0.25) is 11.8 Å².